The predicted octanol–water partition coefficient (Wildman–Crippen LogP) is 3.56. The third kappa shape index (κ3) is 1.91. The fourth-order valence-electron chi connectivity index (χ4n) is 2.25. The molecular formula is C14H12ClN5. The van der Waals surface area contributed by atoms with E-state index in [1.54, 1.807) is 6.33 Å². The van der Waals surface area contributed by atoms with Crippen LogP contribution in [0.4, 0.5) is 11.5 Å². The summed E-state index contributed by atoms with van der Waals surface area (Å²) in [7, 11) is 0. The molecule has 1 aliphatic rings. The summed E-state index contributed by atoms with van der Waals surface area (Å²) in [6, 6.07) is 8.11. The van der Waals surface area contributed by atoms with E-state index in [1.165, 1.54) is 12.8 Å². The first-order valence-corrected chi connectivity index (χ1v) is 6.90. The van der Waals surface area contributed by atoms with Crippen LogP contribution in [0.5, 0.6) is 0 Å². The highest BCUT2D eigenvalue weighted by atomic mass is 35.5. The Kier molecular flexibility index (Phi) is 2.60. The molecule has 100 valence electrons. The zero-order valence-corrected chi connectivity index (χ0v) is 11.4. The average molecular weight is 286 g/mol. The monoisotopic (exact) mass is 285 g/mol. The van der Waals surface area contributed by atoms with Gasteiger partial charge in [-0.1, -0.05) is 23.7 Å². The minimum absolute atomic E-state index is 0.545. The number of rotatable bonds is 3. The van der Waals surface area contributed by atoms with Gasteiger partial charge in [-0.2, -0.15) is 0 Å². The van der Waals surface area contributed by atoms with Crippen molar-refractivity contribution in [3.8, 4) is 0 Å². The van der Waals surface area contributed by atoms with Crippen LogP contribution in [0.15, 0.2) is 36.9 Å². The summed E-state index contributed by atoms with van der Waals surface area (Å²) in [5.41, 5.74) is 2.46. The quantitative estimate of drug-likeness (QED) is 0.799. The van der Waals surface area contributed by atoms with Crippen molar-refractivity contribution in [3.63, 3.8) is 0 Å². The van der Waals surface area contributed by atoms with Crippen molar-refractivity contribution in [2.24, 2.45) is 0 Å². The van der Waals surface area contributed by atoms with Crippen molar-refractivity contribution < 1.29 is 0 Å². The van der Waals surface area contributed by atoms with Crippen molar-refractivity contribution in [3.05, 3.63) is 41.9 Å². The van der Waals surface area contributed by atoms with Gasteiger partial charge >= 0.3 is 0 Å². The summed E-state index contributed by atoms with van der Waals surface area (Å²) in [4.78, 5) is 13.1. The second kappa shape index (κ2) is 4.45. The van der Waals surface area contributed by atoms with E-state index in [4.69, 9.17) is 11.6 Å². The summed E-state index contributed by atoms with van der Waals surface area (Å²) >= 11 is 6.16. The Morgan fingerprint density at radius 3 is 2.80 bits per heavy atom. The highest BCUT2D eigenvalue weighted by Crippen LogP contribution is 2.37. The van der Waals surface area contributed by atoms with Crippen LogP contribution in [0.3, 0.4) is 0 Å². The molecule has 1 aliphatic carbocycles. The molecule has 1 fully saturated rings. The average Bonchev–Trinajstić information content (AvgIpc) is 3.21. The van der Waals surface area contributed by atoms with E-state index in [0.29, 0.717) is 16.9 Å². The van der Waals surface area contributed by atoms with Crippen LogP contribution in [0, 0.1) is 0 Å². The van der Waals surface area contributed by atoms with Crippen molar-refractivity contribution in [1.82, 2.24) is 19.5 Å². The molecule has 0 unspecified atom stereocenters. The topological polar surface area (TPSA) is 55.6 Å². The van der Waals surface area contributed by atoms with E-state index in [-0.39, 0.29) is 0 Å². The lowest BCUT2D eigenvalue weighted by molar-refractivity contribution is 0.756. The number of para-hydroxylation sites is 1. The maximum absolute atomic E-state index is 6.16. The molecule has 0 saturated heterocycles. The lowest BCUT2D eigenvalue weighted by Gasteiger charge is -2.07. The number of halogens is 1. The molecule has 2 aromatic heterocycles. The molecule has 5 nitrogen and oxygen atoms in total. The van der Waals surface area contributed by atoms with E-state index < -0.39 is 0 Å². The molecule has 0 bridgehead atoms. The smallest absolute Gasteiger partial charge is 0.165 e. The molecule has 20 heavy (non-hydrogen) atoms. The first kappa shape index (κ1) is 11.7. The largest absolute Gasteiger partial charge is 0.337 e. The Labute approximate surface area is 120 Å². The van der Waals surface area contributed by atoms with Crippen molar-refractivity contribution in [2.45, 2.75) is 18.9 Å². The Hall–Kier alpha value is -2.14. The molecule has 0 spiro atoms. The number of imidazole rings is 1. The molecule has 0 aliphatic heterocycles. The highest BCUT2D eigenvalue weighted by Gasteiger charge is 2.26. The van der Waals surface area contributed by atoms with Gasteiger partial charge in [0.05, 0.1) is 17.0 Å². The van der Waals surface area contributed by atoms with Gasteiger partial charge in [-0.05, 0) is 25.0 Å². The first-order chi connectivity index (χ1) is 9.83. The molecule has 0 radical (unpaired) electrons. The number of fused-ring (bicyclic) bond motifs is 1. The number of benzene rings is 1. The number of anilines is 2. The normalized spacial score (nSPS) is 14.7. The van der Waals surface area contributed by atoms with Crippen LogP contribution in [0.25, 0.3) is 11.2 Å². The summed E-state index contributed by atoms with van der Waals surface area (Å²) in [6.45, 7) is 0. The van der Waals surface area contributed by atoms with Gasteiger partial charge in [0.2, 0.25) is 0 Å². The third-order valence-corrected chi connectivity index (χ3v) is 3.76. The molecule has 4 rings (SSSR count). The highest BCUT2D eigenvalue weighted by molar-refractivity contribution is 6.33. The Bertz CT molecular complexity index is 778. The lowest BCUT2D eigenvalue weighted by Crippen LogP contribution is -1.98. The molecular weight excluding hydrogens is 274 g/mol. The van der Waals surface area contributed by atoms with Gasteiger partial charge in [-0.15, -0.1) is 0 Å². The second-order valence-electron chi connectivity index (χ2n) is 4.88. The number of aromatic nitrogens is 4. The van der Waals surface area contributed by atoms with Crippen LogP contribution >= 0.6 is 11.6 Å². The van der Waals surface area contributed by atoms with Crippen LogP contribution in [-0.2, 0) is 0 Å². The molecule has 6 heteroatoms. The Balaban J connectivity index is 1.78. The maximum atomic E-state index is 6.16. The Morgan fingerprint density at radius 1 is 1.15 bits per heavy atom. The van der Waals surface area contributed by atoms with E-state index in [9.17, 15) is 0 Å². The van der Waals surface area contributed by atoms with Crippen LogP contribution in [0.2, 0.25) is 5.02 Å². The van der Waals surface area contributed by atoms with Gasteiger partial charge in [0.15, 0.2) is 17.0 Å². The predicted molar refractivity (Wildman–Crippen MR) is 78.3 cm³/mol. The fraction of sp³-hybridized carbons (Fsp3) is 0.214. The summed E-state index contributed by atoms with van der Waals surface area (Å²) in [6.07, 6.45) is 5.79. The Morgan fingerprint density at radius 2 is 2.00 bits per heavy atom. The fourth-order valence-corrected chi connectivity index (χ4v) is 2.44. The molecule has 1 saturated carbocycles. The van der Waals surface area contributed by atoms with Crippen LogP contribution in [0.1, 0.15) is 18.9 Å². The van der Waals surface area contributed by atoms with E-state index in [1.807, 2.05) is 30.6 Å². The summed E-state index contributed by atoms with van der Waals surface area (Å²) in [5, 5.41) is 3.88. The second-order valence-corrected chi connectivity index (χ2v) is 5.29. The third-order valence-electron chi connectivity index (χ3n) is 3.43. The van der Waals surface area contributed by atoms with Gasteiger partial charge in [-0.25, -0.2) is 15.0 Å². The lowest BCUT2D eigenvalue weighted by atomic mass is 10.3. The minimum Gasteiger partial charge on any atom is -0.337 e. The minimum atomic E-state index is 0.545. The van der Waals surface area contributed by atoms with Gasteiger partial charge < -0.3 is 9.88 Å². The first-order valence-electron chi connectivity index (χ1n) is 6.52. The molecule has 2 heterocycles. The zero-order valence-electron chi connectivity index (χ0n) is 10.6. The van der Waals surface area contributed by atoms with Gasteiger partial charge in [0.1, 0.15) is 6.33 Å². The molecule has 0 amide bonds. The van der Waals surface area contributed by atoms with Crippen LogP contribution in [-0.4, -0.2) is 19.5 Å². The molecule has 1 N–H and O–H groups in total. The maximum Gasteiger partial charge on any atom is 0.165 e. The standard InChI is InChI=1S/C14H12ClN5/c15-10-3-1-2-4-11(10)19-13-12-14(17-7-16-13)20(8-18-12)9-5-6-9/h1-4,7-9H,5-6H2,(H,16,17,19). The number of hydrogen-bond donors (Lipinski definition) is 1. The summed E-state index contributed by atoms with van der Waals surface area (Å²) < 4.78 is 2.12. The zero-order chi connectivity index (χ0) is 13.5. The SMILES string of the molecule is Clc1ccccc1Nc1ncnc2c1ncn2C1CC1. The van der Waals surface area contributed by atoms with Crippen LogP contribution < -0.4 is 5.32 Å². The molecule has 3 aromatic rings. The van der Waals surface area contributed by atoms with E-state index >= 15 is 0 Å². The number of nitrogens with zero attached hydrogens (tertiary/aromatic N) is 4. The number of hydrogen-bond acceptors (Lipinski definition) is 4. The van der Waals surface area contributed by atoms with Crippen molar-refractivity contribution in [1.29, 1.82) is 0 Å². The number of nitrogens with one attached hydrogen (secondary N) is 1. The van der Waals surface area contributed by atoms with E-state index in [0.717, 1.165) is 16.9 Å². The van der Waals surface area contributed by atoms with Gasteiger partial charge in [-0.3, -0.25) is 0 Å². The molecule has 0 atom stereocenters. The van der Waals surface area contributed by atoms with Crippen molar-refractivity contribution in [2.75, 3.05) is 5.32 Å². The van der Waals surface area contributed by atoms with E-state index in [2.05, 4.69) is 24.8 Å². The van der Waals surface area contributed by atoms with Gasteiger partial charge in [0.25, 0.3) is 0 Å². The van der Waals surface area contributed by atoms with Crippen molar-refractivity contribution >= 4 is 34.3 Å². The molecule has 1 aromatic carbocycles. The summed E-state index contributed by atoms with van der Waals surface area (Å²) in [5.74, 6) is 0.683. The van der Waals surface area contributed by atoms with Gasteiger partial charge in [0, 0.05) is 6.04 Å².